The van der Waals surface area contributed by atoms with Crippen molar-refractivity contribution in [1.29, 1.82) is 0 Å². The van der Waals surface area contributed by atoms with E-state index in [0.29, 0.717) is 53.9 Å². The van der Waals surface area contributed by atoms with E-state index in [-0.39, 0.29) is 23.7 Å². The Balaban J connectivity index is 1.46. The van der Waals surface area contributed by atoms with Gasteiger partial charge in [0.05, 0.1) is 23.2 Å². The van der Waals surface area contributed by atoms with E-state index in [0.717, 1.165) is 0 Å². The number of hydrogen-bond acceptors (Lipinski definition) is 5. The van der Waals surface area contributed by atoms with Gasteiger partial charge in [0.2, 0.25) is 5.91 Å². The number of carbonyl (C=O) groups is 2. The van der Waals surface area contributed by atoms with Crippen LogP contribution in [0.1, 0.15) is 23.0 Å². The van der Waals surface area contributed by atoms with Crippen LogP contribution in [-0.4, -0.2) is 52.5 Å². The number of halogens is 1. The van der Waals surface area contributed by atoms with Crippen LogP contribution >= 0.6 is 0 Å². The lowest BCUT2D eigenvalue weighted by Crippen LogP contribution is -2.49. The number of aryl methyl sites for hydroxylation is 1. The largest absolute Gasteiger partial charge is 0.366 e. The topological polar surface area (TPSA) is 75.5 Å². The molecule has 0 N–H and O–H groups in total. The van der Waals surface area contributed by atoms with Gasteiger partial charge in [-0.25, -0.2) is 9.07 Å². The molecular weight excluding hydrogens is 399 g/mol. The Morgan fingerprint density at radius 2 is 1.71 bits per heavy atom. The first-order valence-corrected chi connectivity index (χ1v) is 10.1. The van der Waals surface area contributed by atoms with Crippen molar-refractivity contribution in [2.24, 2.45) is 7.05 Å². The molecule has 3 aromatic rings. The standard InChI is InChI=1S/C23H23FN4O3/c1-15(29)16-7-8-21(19(24)13-16)27-9-11-28(12-10-27)22(30)14-20-17-5-3-4-6-18(17)23(31)26(2)25-20/h3-8,13H,9-12,14H2,1-2H3. The van der Waals surface area contributed by atoms with Crippen molar-refractivity contribution in [2.75, 3.05) is 31.1 Å². The fraction of sp³-hybridized carbons (Fsp3) is 0.304. The molecule has 8 heteroatoms. The van der Waals surface area contributed by atoms with Crippen LogP contribution in [0.5, 0.6) is 0 Å². The zero-order valence-corrected chi connectivity index (χ0v) is 17.5. The van der Waals surface area contributed by atoms with Crippen molar-refractivity contribution >= 4 is 28.2 Å². The van der Waals surface area contributed by atoms with Crippen LogP contribution in [0.25, 0.3) is 10.8 Å². The van der Waals surface area contributed by atoms with E-state index in [2.05, 4.69) is 5.10 Å². The molecule has 0 spiro atoms. The van der Waals surface area contributed by atoms with Gasteiger partial charge in [-0.3, -0.25) is 14.4 Å². The lowest BCUT2D eigenvalue weighted by atomic mass is 10.1. The molecule has 2 aromatic carbocycles. The molecule has 31 heavy (non-hydrogen) atoms. The first kappa shape index (κ1) is 20.7. The number of nitrogens with zero attached hydrogens (tertiary/aromatic N) is 4. The second kappa shape index (κ2) is 8.29. The molecule has 1 aliphatic rings. The van der Waals surface area contributed by atoms with Gasteiger partial charge in [0.25, 0.3) is 5.56 Å². The number of anilines is 1. The quantitative estimate of drug-likeness (QED) is 0.603. The average Bonchev–Trinajstić information content (AvgIpc) is 2.77. The summed E-state index contributed by atoms with van der Waals surface area (Å²) in [5, 5.41) is 5.53. The van der Waals surface area contributed by atoms with Gasteiger partial charge >= 0.3 is 0 Å². The first-order chi connectivity index (χ1) is 14.8. The second-order valence-electron chi connectivity index (χ2n) is 7.69. The smallest absolute Gasteiger partial charge is 0.274 e. The molecule has 0 unspecified atom stereocenters. The molecule has 1 amide bonds. The molecule has 7 nitrogen and oxygen atoms in total. The van der Waals surface area contributed by atoms with E-state index < -0.39 is 5.82 Å². The Hall–Kier alpha value is -3.55. The summed E-state index contributed by atoms with van der Waals surface area (Å²) < 4.78 is 15.7. The van der Waals surface area contributed by atoms with Gasteiger partial charge in [-0.2, -0.15) is 5.10 Å². The minimum atomic E-state index is -0.437. The summed E-state index contributed by atoms with van der Waals surface area (Å²) in [6.07, 6.45) is 0.0936. The molecule has 1 saturated heterocycles. The Morgan fingerprint density at radius 1 is 1.03 bits per heavy atom. The van der Waals surface area contributed by atoms with Gasteiger partial charge < -0.3 is 9.80 Å². The third kappa shape index (κ3) is 4.05. The van der Waals surface area contributed by atoms with E-state index in [9.17, 15) is 18.8 Å². The van der Waals surface area contributed by atoms with Crippen LogP contribution in [0.4, 0.5) is 10.1 Å². The number of aromatic nitrogens is 2. The van der Waals surface area contributed by atoms with Crippen LogP contribution in [0.15, 0.2) is 47.3 Å². The van der Waals surface area contributed by atoms with E-state index in [4.69, 9.17) is 0 Å². The van der Waals surface area contributed by atoms with Crippen molar-refractivity contribution in [3.8, 4) is 0 Å². The molecule has 1 aliphatic heterocycles. The van der Waals surface area contributed by atoms with Gasteiger partial charge in [-0.05, 0) is 31.2 Å². The summed E-state index contributed by atoms with van der Waals surface area (Å²) in [5.41, 5.74) is 1.14. The number of amides is 1. The second-order valence-corrected chi connectivity index (χ2v) is 7.69. The molecule has 1 fully saturated rings. The number of rotatable bonds is 4. The molecule has 0 saturated carbocycles. The number of carbonyl (C=O) groups excluding carboxylic acids is 2. The van der Waals surface area contributed by atoms with Crippen LogP contribution in [0.3, 0.4) is 0 Å². The fourth-order valence-electron chi connectivity index (χ4n) is 3.94. The van der Waals surface area contributed by atoms with E-state index in [1.54, 1.807) is 42.3 Å². The SMILES string of the molecule is CC(=O)c1ccc(N2CCN(C(=O)Cc3nn(C)c(=O)c4ccccc34)CC2)c(F)c1. The van der Waals surface area contributed by atoms with E-state index in [1.165, 1.54) is 17.7 Å². The van der Waals surface area contributed by atoms with Gasteiger partial charge in [-0.1, -0.05) is 18.2 Å². The van der Waals surface area contributed by atoms with Gasteiger partial charge in [0, 0.05) is 44.2 Å². The number of ketones is 1. The van der Waals surface area contributed by atoms with Gasteiger partial charge in [0.15, 0.2) is 5.78 Å². The maximum Gasteiger partial charge on any atom is 0.274 e. The Labute approximate surface area is 178 Å². The lowest BCUT2D eigenvalue weighted by molar-refractivity contribution is -0.130. The predicted molar refractivity (Wildman–Crippen MR) is 116 cm³/mol. The molecule has 0 atom stereocenters. The van der Waals surface area contributed by atoms with Crippen molar-refractivity contribution in [3.63, 3.8) is 0 Å². The lowest BCUT2D eigenvalue weighted by Gasteiger charge is -2.36. The highest BCUT2D eigenvalue weighted by atomic mass is 19.1. The molecule has 1 aromatic heterocycles. The van der Waals surface area contributed by atoms with Crippen LogP contribution in [0, 0.1) is 5.82 Å². The zero-order valence-electron chi connectivity index (χ0n) is 17.5. The van der Waals surface area contributed by atoms with E-state index >= 15 is 0 Å². The number of fused-ring (bicyclic) bond motifs is 1. The fourth-order valence-corrected chi connectivity index (χ4v) is 3.94. The average molecular weight is 422 g/mol. The molecule has 160 valence electrons. The Morgan fingerprint density at radius 3 is 2.35 bits per heavy atom. The first-order valence-electron chi connectivity index (χ1n) is 10.1. The monoisotopic (exact) mass is 422 g/mol. The molecular formula is C23H23FN4O3. The number of Topliss-reactive ketones (excluding diaryl/α,β-unsaturated/α-hetero) is 1. The number of hydrogen-bond donors (Lipinski definition) is 0. The number of piperazine rings is 1. The maximum atomic E-state index is 14.4. The van der Waals surface area contributed by atoms with Crippen LogP contribution in [-0.2, 0) is 18.3 Å². The Kier molecular flexibility index (Phi) is 5.54. The molecule has 0 aliphatic carbocycles. The van der Waals surface area contributed by atoms with Crippen LogP contribution in [0.2, 0.25) is 0 Å². The van der Waals surface area contributed by atoms with Crippen molar-refractivity contribution < 1.29 is 14.0 Å². The predicted octanol–water partition coefficient (Wildman–Crippen LogP) is 2.17. The maximum absolute atomic E-state index is 14.4. The molecule has 4 rings (SSSR count). The molecule has 0 bridgehead atoms. The third-order valence-corrected chi connectivity index (χ3v) is 5.68. The Bertz CT molecular complexity index is 1230. The summed E-state index contributed by atoms with van der Waals surface area (Å²) >= 11 is 0. The summed E-state index contributed by atoms with van der Waals surface area (Å²) in [6, 6.07) is 11.6. The van der Waals surface area contributed by atoms with Gasteiger partial charge in [-0.15, -0.1) is 0 Å². The summed E-state index contributed by atoms with van der Waals surface area (Å²) in [4.78, 5) is 40.2. The van der Waals surface area contributed by atoms with Crippen molar-refractivity contribution in [2.45, 2.75) is 13.3 Å². The highest BCUT2D eigenvalue weighted by molar-refractivity contribution is 5.94. The zero-order chi connectivity index (χ0) is 22.1. The van der Waals surface area contributed by atoms with E-state index in [1.807, 2.05) is 11.0 Å². The summed E-state index contributed by atoms with van der Waals surface area (Å²) in [6.45, 7) is 3.29. The molecule has 2 heterocycles. The molecule has 0 radical (unpaired) electrons. The van der Waals surface area contributed by atoms with Gasteiger partial charge in [0.1, 0.15) is 5.82 Å². The van der Waals surface area contributed by atoms with Crippen LogP contribution < -0.4 is 10.5 Å². The normalized spacial score (nSPS) is 14.2. The highest BCUT2D eigenvalue weighted by Crippen LogP contribution is 2.23. The highest BCUT2D eigenvalue weighted by Gasteiger charge is 2.24. The summed E-state index contributed by atoms with van der Waals surface area (Å²) in [5.74, 6) is -0.697. The summed E-state index contributed by atoms with van der Waals surface area (Å²) in [7, 11) is 1.58. The van der Waals surface area contributed by atoms with Crippen molar-refractivity contribution in [3.05, 3.63) is 69.9 Å². The number of benzene rings is 2. The van der Waals surface area contributed by atoms with Crippen molar-refractivity contribution in [1.82, 2.24) is 14.7 Å². The minimum absolute atomic E-state index is 0.0802. The third-order valence-electron chi connectivity index (χ3n) is 5.68. The minimum Gasteiger partial charge on any atom is -0.366 e.